The fourth-order valence-corrected chi connectivity index (χ4v) is 5.51. The molecule has 0 heterocycles. The highest BCUT2D eigenvalue weighted by atomic mass is 79.9. The number of benzene rings is 3. The van der Waals surface area contributed by atoms with Crippen molar-refractivity contribution < 1.29 is 19.1 Å². The summed E-state index contributed by atoms with van der Waals surface area (Å²) >= 11 is 3.59. The summed E-state index contributed by atoms with van der Waals surface area (Å²) in [6.07, 6.45) is 5.78. The molecule has 1 saturated carbocycles. The number of methoxy groups -OCH3 is 1. The van der Waals surface area contributed by atoms with Crippen LogP contribution in [0.5, 0.6) is 11.5 Å². The average Bonchev–Trinajstić information content (AvgIpc) is 2.97. The minimum atomic E-state index is -0.694. The summed E-state index contributed by atoms with van der Waals surface area (Å²) in [5.74, 6) is 0.954. The molecular weight excluding hydrogens is 568 g/mol. The third kappa shape index (κ3) is 8.10. The Labute approximate surface area is 246 Å². The van der Waals surface area contributed by atoms with Crippen molar-refractivity contribution in [2.45, 2.75) is 71.0 Å². The lowest BCUT2D eigenvalue weighted by Crippen LogP contribution is -2.53. The van der Waals surface area contributed by atoms with Gasteiger partial charge in [-0.1, -0.05) is 77.7 Å². The van der Waals surface area contributed by atoms with E-state index in [1.807, 2.05) is 80.6 Å². The quantitative estimate of drug-likeness (QED) is 0.269. The summed E-state index contributed by atoms with van der Waals surface area (Å²) in [4.78, 5) is 29.5. The number of carbonyl (C=O) groups is 2. The van der Waals surface area contributed by atoms with Crippen molar-refractivity contribution >= 4 is 27.7 Å². The predicted molar refractivity (Wildman–Crippen MR) is 162 cm³/mol. The number of aryl methyl sites for hydroxylation is 2. The van der Waals surface area contributed by atoms with E-state index in [0.29, 0.717) is 17.9 Å². The van der Waals surface area contributed by atoms with Gasteiger partial charge >= 0.3 is 0 Å². The maximum absolute atomic E-state index is 13.9. The molecule has 6 nitrogen and oxygen atoms in total. The van der Waals surface area contributed by atoms with E-state index >= 15 is 0 Å². The Balaban J connectivity index is 1.63. The maximum Gasteiger partial charge on any atom is 0.261 e. The van der Waals surface area contributed by atoms with Gasteiger partial charge in [0.2, 0.25) is 5.91 Å². The van der Waals surface area contributed by atoms with Gasteiger partial charge in [0, 0.05) is 23.5 Å². The van der Waals surface area contributed by atoms with Gasteiger partial charge in [0.1, 0.15) is 17.5 Å². The summed E-state index contributed by atoms with van der Waals surface area (Å²) in [7, 11) is 1.62. The Morgan fingerprint density at radius 1 is 0.925 bits per heavy atom. The van der Waals surface area contributed by atoms with Crippen LogP contribution in [-0.2, 0) is 22.6 Å². The zero-order valence-corrected chi connectivity index (χ0v) is 25.2. The van der Waals surface area contributed by atoms with Crippen LogP contribution in [0.15, 0.2) is 71.2 Å². The van der Waals surface area contributed by atoms with E-state index in [9.17, 15) is 9.59 Å². The van der Waals surface area contributed by atoms with Crippen molar-refractivity contribution in [2.24, 2.45) is 0 Å². The van der Waals surface area contributed by atoms with Crippen molar-refractivity contribution in [1.29, 1.82) is 0 Å². The summed E-state index contributed by atoms with van der Waals surface area (Å²) in [6.45, 7) is 4.07. The summed E-state index contributed by atoms with van der Waals surface area (Å²) < 4.78 is 12.5. The Morgan fingerprint density at radius 3 is 2.27 bits per heavy atom. The van der Waals surface area contributed by atoms with E-state index in [0.717, 1.165) is 52.4 Å². The standard InChI is InChI=1S/C33H39BrN2O4/c1-23-17-29(18-24(2)32(23)34)40-22-31(37)36(21-26-13-10-16-28(19-26)39-3)30(20-25-11-6-4-7-12-25)33(38)35-27-14-8-5-9-15-27/h4,6-7,10-13,16-19,27,30H,5,8-9,14-15,20-22H2,1-3H3,(H,35,38)/t30-/m1/s1. The highest BCUT2D eigenvalue weighted by Crippen LogP contribution is 2.27. The van der Waals surface area contributed by atoms with Gasteiger partial charge in [-0.05, 0) is 73.2 Å². The van der Waals surface area contributed by atoms with Crippen molar-refractivity contribution in [3.63, 3.8) is 0 Å². The van der Waals surface area contributed by atoms with E-state index in [-0.39, 0.29) is 31.0 Å². The van der Waals surface area contributed by atoms with Gasteiger partial charge in [0.25, 0.3) is 5.91 Å². The van der Waals surface area contributed by atoms with E-state index in [2.05, 4.69) is 21.2 Å². The van der Waals surface area contributed by atoms with E-state index in [1.165, 1.54) is 6.42 Å². The number of hydrogen-bond acceptors (Lipinski definition) is 4. The molecule has 4 rings (SSSR count). The first-order chi connectivity index (χ1) is 19.3. The second kappa shape index (κ2) is 14.4. The van der Waals surface area contributed by atoms with Crippen LogP contribution < -0.4 is 14.8 Å². The van der Waals surface area contributed by atoms with Gasteiger partial charge in [0.15, 0.2) is 6.61 Å². The monoisotopic (exact) mass is 606 g/mol. The Morgan fingerprint density at radius 2 is 1.60 bits per heavy atom. The molecule has 212 valence electrons. The van der Waals surface area contributed by atoms with Gasteiger partial charge in [0.05, 0.1) is 7.11 Å². The van der Waals surface area contributed by atoms with Crippen molar-refractivity contribution in [2.75, 3.05) is 13.7 Å². The average molecular weight is 608 g/mol. The van der Waals surface area contributed by atoms with Crippen LogP contribution in [0.1, 0.15) is 54.4 Å². The van der Waals surface area contributed by atoms with Gasteiger partial charge in [-0.3, -0.25) is 9.59 Å². The molecule has 1 aliphatic carbocycles. The van der Waals surface area contributed by atoms with Crippen LogP contribution in [0.4, 0.5) is 0 Å². The topological polar surface area (TPSA) is 67.9 Å². The summed E-state index contributed by atoms with van der Waals surface area (Å²) in [5, 5.41) is 3.27. The molecule has 3 aromatic rings. The molecule has 0 aromatic heterocycles. The smallest absolute Gasteiger partial charge is 0.261 e. The van der Waals surface area contributed by atoms with Gasteiger partial charge in [-0.25, -0.2) is 0 Å². The number of rotatable bonds is 11. The lowest BCUT2D eigenvalue weighted by Gasteiger charge is -2.33. The molecule has 0 aliphatic heterocycles. The Hall–Kier alpha value is -3.32. The minimum absolute atomic E-state index is 0.123. The zero-order chi connectivity index (χ0) is 28.5. The fourth-order valence-electron chi connectivity index (χ4n) is 5.28. The lowest BCUT2D eigenvalue weighted by molar-refractivity contribution is -0.143. The molecule has 1 aliphatic rings. The summed E-state index contributed by atoms with van der Waals surface area (Å²) in [6, 6.07) is 20.8. The molecule has 0 radical (unpaired) electrons. The fraction of sp³-hybridized carbons (Fsp3) is 0.394. The first-order valence-corrected chi connectivity index (χ1v) is 14.8. The molecule has 0 bridgehead atoms. The third-order valence-electron chi connectivity index (χ3n) is 7.48. The maximum atomic E-state index is 13.9. The highest BCUT2D eigenvalue weighted by molar-refractivity contribution is 9.10. The molecule has 0 saturated heterocycles. The normalized spacial score (nSPS) is 14.3. The molecule has 40 heavy (non-hydrogen) atoms. The van der Waals surface area contributed by atoms with E-state index in [4.69, 9.17) is 9.47 Å². The number of nitrogens with zero attached hydrogens (tertiary/aromatic N) is 1. The third-order valence-corrected chi connectivity index (χ3v) is 8.73. The Kier molecular flexibility index (Phi) is 10.6. The van der Waals surface area contributed by atoms with Crippen molar-refractivity contribution in [1.82, 2.24) is 10.2 Å². The van der Waals surface area contributed by atoms with Crippen LogP contribution in [0.25, 0.3) is 0 Å². The number of ether oxygens (including phenoxy) is 2. The number of halogens is 1. The number of carbonyl (C=O) groups excluding carboxylic acids is 2. The zero-order valence-electron chi connectivity index (χ0n) is 23.6. The number of hydrogen-bond donors (Lipinski definition) is 1. The predicted octanol–water partition coefficient (Wildman–Crippen LogP) is 6.54. The second-order valence-electron chi connectivity index (χ2n) is 10.6. The van der Waals surface area contributed by atoms with Gasteiger partial charge < -0.3 is 19.7 Å². The largest absolute Gasteiger partial charge is 0.497 e. The molecule has 3 aromatic carbocycles. The molecule has 2 amide bonds. The number of amides is 2. The van der Waals surface area contributed by atoms with Crippen molar-refractivity contribution in [3.8, 4) is 11.5 Å². The van der Waals surface area contributed by atoms with Crippen LogP contribution in [0.2, 0.25) is 0 Å². The Bertz CT molecular complexity index is 1270. The van der Waals surface area contributed by atoms with Crippen molar-refractivity contribution in [3.05, 3.63) is 93.5 Å². The highest BCUT2D eigenvalue weighted by Gasteiger charge is 2.32. The van der Waals surface area contributed by atoms with E-state index in [1.54, 1.807) is 12.0 Å². The molecule has 7 heteroatoms. The second-order valence-corrected chi connectivity index (χ2v) is 11.4. The molecular formula is C33H39BrN2O4. The molecule has 1 N–H and O–H groups in total. The van der Waals surface area contributed by atoms with Crippen LogP contribution >= 0.6 is 15.9 Å². The summed E-state index contributed by atoms with van der Waals surface area (Å²) in [5.41, 5.74) is 3.94. The van der Waals surface area contributed by atoms with E-state index < -0.39 is 6.04 Å². The number of nitrogens with one attached hydrogen (secondary N) is 1. The van der Waals surface area contributed by atoms with Gasteiger partial charge in [-0.15, -0.1) is 0 Å². The van der Waals surface area contributed by atoms with Gasteiger partial charge in [-0.2, -0.15) is 0 Å². The lowest BCUT2D eigenvalue weighted by atomic mass is 9.94. The molecule has 1 fully saturated rings. The molecule has 0 spiro atoms. The first kappa shape index (κ1) is 29.7. The SMILES string of the molecule is COc1cccc(CN(C(=O)COc2cc(C)c(Br)c(C)c2)[C@H](Cc2ccccc2)C(=O)NC2CCCCC2)c1. The van der Waals surface area contributed by atoms with Crippen LogP contribution in [-0.4, -0.2) is 42.5 Å². The molecule has 0 unspecified atom stereocenters. The van der Waals surface area contributed by atoms with Crippen LogP contribution in [0, 0.1) is 13.8 Å². The first-order valence-electron chi connectivity index (χ1n) is 14.0. The minimum Gasteiger partial charge on any atom is -0.497 e. The molecule has 1 atom stereocenters. The van der Waals surface area contributed by atoms with Crippen LogP contribution in [0.3, 0.4) is 0 Å².